The molecule has 4 heteroatoms. The molecule has 0 saturated heterocycles. The minimum Gasteiger partial charge on any atom is -0.456 e. The second kappa shape index (κ2) is 5.87. The van der Waals surface area contributed by atoms with Gasteiger partial charge in [0.15, 0.2) is 0 Å². The van der Waals surface area contributed by atoms with Crippen LogP contribution in [0.2, 0.25) is 0 Å². The predicted molar refractivity (Wildman–Crippen MR) is 71.0 cm³/mol. The van der Waals surface area contributed by atoms with Crippen molar-refractivity contribution in [3.05, 3.63) is 35.9 Å². The van der Waals surface area contributed by atoms with E-state index < -0.39 is 17.9 Å². The first kappa shape index (κ1) is 13.6. The molecule has 2 N–H and O–H groups in total. The van der Waals surface area contributed by atoms with Crippen LogP contribution in [-0.4, -0.2) is 11.9 Å². The van der Waals surface area contributed by atoms with Gasteiger partial charge in [0, 0.05) is 0 Å². The summed E-state index contributed by atoms with van der Waals surface area (Å²) in [7, 11) is 0. The summed E-state index contributed by atoms with van der Waals surface area (Å²) >= 11 is 0. The van der Waals surface area contributed by atoms with Crippen LogP contribution >= 0.6 is 0 Å². The largest absolute Gasteiger partial charge is 0.456 e. The van der Waals surface area contributed by atoms with Crippen molar-refractivity contribution in [3.63, 3.8) is 0 Å². The molecule has 0 bridgehead atoms. The fraction of sp³-hybridized carbons (Fsp3) is 0.467. The third-order valence-corrected chi connectivity index (χ3v) is 3.71. The van der Waals surface area contributed by atoms with Crippen LogP contribution in [0, 0.1) is 11.8 Å². The molecule has 0 aromatic heterocycles. The number of benzene rings is 1. The lowest BCUT2D eigenvalue weighted by Crippen LogP contribution is -2.32. The highest BCUT2D eigenvalue weighted by molar-refractivity contribution is 5.78. The Labute approximate surface area is 112 Å². The lowest BCUT2D eigenvalue weighted by atomic mass is 9.85. The number of hydrogen-bond donors (Lipinski definition) is 1. The number of carbonyl (C=O) groups excluding carboxylic acids is 2. The second-order valence-corrected chi connectivity index (χ2v) is 5.09. The van der Waals surface area contributed by atoms with Crippen molar-refractivity contribution in [2.45, 2.75) is 32.3 Å². The smallest absolute Gasteiger partial charge is 0.309 e. The normalized spacial score (nSPS) is 18.2. The molecule has 1 amide bonds. The number of esters is 1. The van der Waals surface area contributed by atoms with Crippen molar-refractivity contribution in [3.8, 4) is 0 Å². The van der Waals surface area contributed by atoms with E-state index in [0.717, 1.165) is 24.8 Å². The molecule has 4 nitrogen and oxygen atoms in total. The van der Waals surface area contributed by atoms with E-state index >= 15 is 0 Å². The SMILES string of the molecule is CC(C(N)=O)C(OC(=O)C1CCC1)c1ccccc1. The topological polar surface area (TPSA) is 69.4 Å². The van der Waals surface area contributed by atoms with E-state index in [1.807, 2.05) is 30.3 Å². The number of amides is 1. The van der Waals surface area contributed by atoms with Crippen LogP contribution in [0.5, 0.6) is 0 Å². The Kier molecular flexibility index (Phi) is 4.20. The predicted octanol–water partition coefficient (Wildman–Crippen LogP) is 2.19. The third kappa shape index (κ3) is 3.13. The molecule has 1 fully saturated rings. The van der Waals surface area contributed by atoms with E-state index in [9.17, 15) is 9.59 Å². The summed E-state index contributed by atoms with van der Waals surface area (Å²) in [5.41, 5.74) is 6.15. The van der Waals surface area contributed by atoms with E-state index in [0.29, 0.717) is 0 Å². The Morgan fingerprint density at radius 2 is 1.89 bits per heavy atom. The average Bonchev–Trinajstić information content (AvgIpc) is 2.34. The molecule has 0 heterocycles. The number of ether oxygens (including phenoxy) is 1. The molecule has 2 rings (SSSR count). The van der Waals surface area contributed by atoms with Gasteiger partial charge in [-0.2, -0.15) is 0 Å². The zero-order chi connectivity index (χ0) is 13.8. The highest BCUT2D eigenvalue weighted by Gasteiger charge is 2.32. The molecular formula is C15H19NO3. The van der Waals surface area contributed by atoms with Crippen LogP contribution in [-0.2, 0) is 14.3 Å². The molecule has 102 valence electrons. The minimum atomic E-state index is -0.591. The van der Waals surface area contributed by atoms with E-state index in [4.69, 9.17) is 10.5 Å². The van der Waals surface area contributed by atoms with Crippen molar-refractivity contribution in [1.29, 1.82) is 0 Å². The molecule has 19 heavy (non-hydrogen) atoms. The maximum Gasteiger partial charge on any atom is 0.309 e. The van der Waals surface area contributed by atoms with Gasteiger partial charge < -0.3 is 10.5 Å². The van der Waals surface area contributed by atoms with Crippen molar-refractivity contribution in [1.82, 2.24) is 0 Å². The molecule has 1 aromatic carbocycles. The molecule has 0 spiro atoms. The van der Waals surface area contributed by atoms with E-state index in [2.05, 4.69) is 0 Å². The van der Waals surface area contributed by atoms with Gasteiger partial charge in [0.25, 0.3) is 0 Å². The molecule has 2 unspecified atom stereocenters. The minimum absolute atomic E-state index is 0.00807. The molecule has 2 atom stereocenters. The molecular weight excluding hydrogens is 242 g/mol. The van der Waals surface area contributed by atoms with Crippen LogP contribution in [0.4, 0.5) is 0 Å². The summed E-state index contributed by atoms with van der Waals surface area (Å²) in [6, 6.07) is 9.28. The number of hydrogen-bond acceptors (Lipinski definition) is 3. The van der Waals surface area contributed by atoms with E-state index in [-0.39, 0.29) is 11.9 Å². The lowest BCUT2D eigenvalue weighted by molar-refractivity contribution is -0.161. The monoisotopic (exact) mass is 261 g/mol. The summed E-state index contributed by atoms with van der Waals surface area (Å²) in [5.74, 6) is -1.22. The summed E-state index contributed by atoms with van der Waals surface area (Å²) in [4.78, 5) is 23.3. The summed E-state index contributed by atoms with van der Waals surface area (Å²) in [6.45, 7) is 1.69. The standard InChI is InChI=1S/C15H19NO3/c1-10(14(16)17)13(11-6-3-2-4-7-11)19-15(18)12-8-5-9-12/h2-4,6-7,10,12-13H,5,8-9H2,1H3,(H2,16,17). The van der Waals surface area contributed by atoms with Gasteiger partial charge >= 0.3 is 5.97 Å². The maximum atomic E-state index is 12.0. The Balaban J connectivity index is 2.14. The Morgan fingerprint density at radius 1 is 1.26 bits per heavy atom. The van der Waals surface area contributed by atoms with Gasteiger partial charge in [0.1, 0.15) is 6.10 Å². The first-order valence-electron chi connectivity index (χ1n) is 6.64. The van der Waals surface area contributed by atoms with Gasteiger partial charge in [-0.05, 0) is 25.3 Å². The zero-order valence-corrected chi connectivity index (χ0v) is 11.0. The van der Waals surface area contributed by atoms with Crippen LogP contribution in [0.25, 0.3) is 0 Å². The Bertz CT molecular complexity index is 454. The van der Waals surface area contributed by atoms with Gasteiger partial charge in [-0.25, -0.2) is 0 Å². The van der Waals surface area contributed by atoms with Crippen LogP contribution in [0.3, 0.4) is 0 Å². The first-order valence-corrected chi connectivity index (χ1v) is 6.64. The zero-order valence-electron chi connectivity index (χ0n) is 11.0. The molecule has 1 aliphatic rings. The highest BCUT2D eigenvalue weighted by Crippen LogP contribution is 2.32. The maximum absolute atomic E-state index is 12.0. The quantitative estimate of drug-likeness (QED) is 0.826. The Hall–Kier alpha value is -1.84. The molecule has 1 aliphatic carbocycles. The summed E-state index contributed by atoms with van der Waals surface area (Å²) in [6.07, 6.45) is 2.24. The van der Waals surface area contributed by atoms with Crippen molar-refractivity contribution in [2.75, 3.05) is 0 Å². The van der Waals surface area contributed by atoms with Gasteiger partial charge in [0.05, 0.1) is 11.8 Å². The number of rotatable bonds is 5. The first-order chi connectivity index (χ1) is 9.09. The molecule has 0 radical (unpaired) electrons. The highest BCUT2D eigenvalue weighted by atomic mass is 16.5. The van der Waals surface area contributed by atoms with Gasteiger partial charge in [-0.1, -0.05) is 36.8 Å². The number of carbonyl (C=O) groups is 2. The average molecular weight is 261 g/mol. The number of primary amides is 1. The van der Waals surface area contributed by atoms with Crippen LogP contribution in [0.1, 0.15) is 37.9 Å². The Morgan fingerprint density at radius 3 is 2.37 bits per heavy atom. The summed E-state index contributed by atoms with van der Waals surface area (Å²) in [5, 5.41) is 0. The molecule has 0 aliphatic heterocycles. The molecule has 1 saturated carbocycles. The van der Waals surface area contributed by atoms with Crippen molar-refractivity contribution >= 4 is 11.9 Å². The molecule has 1 aromatic rings. The van der Waals surface area contributed by atoms with Crippen molar-refractivity contribution in [2.24, 2.45) is 17.6 Å². The second-order valence-electron chi connectivity index (χ2n) is 5.09. The fourth-order valence-corrected chi connectivity index (χ4v) is 2.12. The summed E-state index contributed by atoms with van der Waals surface area (Å²) < 4.78 is 5.52. The third-order valence-electron chi connectivity index (χ3n) is 3.71. The van der Waals surface area contributed by atoms with Gasteiger partial charge in [-0.15, -0.1) is 0 Å². The van der Waals surface area contributed by atoms with Gasteiger partial charge in [0.2, 0.25) is 5.91 Å². The van der Waals surface area contributed by atoms with Gasteiger partial charge in [-0.3, -0.25) is 9.59 Å². The fourth-order valence-electron chi connectivity index (χ4n) is 2.12. The van der Waals surface area contributed by atoms with E-state index in [1.54, 1.807) is 6.92 Å². The van der Waals surface area contributed by atoms with Crippen molar-refractivity contribution < 1.29 is 14.3 Å². The number of nitrogens with two attached hydrogens (primary N) is 1. The van der Waals surface area contributed by atoms with Crippen LogP contribution in [0.15, 0.2) is 30.3 Å². The van der Waals surface area contributed by atoms with E-state index in [1.165, 1.54) is 0 Å². The van der Waals surface area contributed by atoms with Crippen LogP contribution < -0.4 is 5.73 Å². The lowest BCUT2D eigenvalue weighted by Gasteiger charge is -2.28.